The Hall–Kier alpha value is -1.28. The largest absolute Gasteiger partial charge is 0.388 e. The lowest BCUT2D eigenvalue weighted by molar-refractivity contribution is 0.357. The highest BCUT2D eigenvalue weighted by Crippen LogP contribution is 2.22. The van der Waals surface area contributed by atoms with Crippen LogP contribution in [0.15, 0.2) is 47.2 Å². The van der Waals surface area contributed by atoms with E-state index in [9.17, 15) is 0 Å². The lowest BCUT2D eigenvalue weighted by atomic mass is 9.99. The molecule has 2 rings (SSSR count). The van der Waals surface area contributed by atoms with Crippen LogP contribution in [0.25, 0.3) is 0 Å². The Morgan fingerprint density at radius 3 is 2.81 bits per heavy atom. The molecule has 0 amide bonds. The van der Waals surface area contributed by atoms with Gasteiger partial charge < -0.3 is 10.2 Å². The summed E-state index contributed by atoms with van der Waals surface area (Å²) in [5.41, 5.74) is 4.03. The first-order valence-corrected chi connectivity index (χ1v) is 5.94. The average Bonchev–Trinajstić information content (AvgIpc) is 2.53. The zero-order chi connectivity index (χ0) is 11.4. The van der Waals surface area contributed by atoms with Gasteiger partial charge in [0.15, 0.2) is 0 Å². The van der Waals surface area contributed by atoms with Crippen LogP contribution in [0.1, 0.15) is 12.8 Å². The maximum atomic E-state index is 3.29. The van der Waals surface area contributed by atoms with E-state index in [2.05, 4.69) is 47.6 Å². The van der Waals surface area contributed by atoms with Crippen molar-refractivity contribution in [2.45, 2.75) is 12.8 Å². The fourth-order valence-corrected chi connectivity index (χ4v) is 2.22. The van der Waals surface area contributed by atoms with E-state index in [1.807, 2.05) is 7.05 Å². The van der Waals surface area contributed by atoms with Crippen molar-refractivity contribution in [3.63, 3.8) is 0 Å². The lowest BCUT2D eigenvalue weighted by Gasteiger charge is -2.24. The highest BCUT2D eigenvalue weighted by atomic mass is 15.1. The van der Waals surface area contributed by atoms with Gasteiger partial charge in [-0.15, -0.1) is 0 Å². The molecule has 1 heterocycles. The SMILES string of the molecule is CNC1=C(C2=CCCN(C)C2)C=CCC=C1. The van der Waals surface area contributed by atoms with Gasteiger partial charge in [-0.1, -0.05) is 24.3 Å². The molecule has 2 heteroatoms. The van der Waals surface area contributed by atoms with E-state index >= 15 is 0 Å². The first kappa shape index (κ1) is 11.2. The van der Waals surface area contributed by atoms with Gasteiger partial charge in [-0.3, -0.25) is 0 Å². The predicted octanol–water partition coefficient (Wildman–Crippen LogP) is 2.24. The summed E-state index contributed by atoms with van der Waals surface area (Å²) < 4.78 is 0. The molecule has 0 bridgehead atoms. The molecule has 2 aliphatic rings. The molecule has 0 aromatic carbocycles. The topological polar surface area (TPSA) is 15.3 Å². The Morgan fingerprint density at radius 2 is 2.06 bits per heavy atom. The second kappa shape index (κ2) is 5.17. The third kappa shape index (κ3) is 2.45. The van der Waals surface area contributed by atoms with Crippen LogP contribution in [0.4, 0.5) is 0 Å². The number of likely N-dealkylation sites (N-methyl/N-ethyl adjacent to an activating group) is 2. The Labute approximate surface area is 98.0 Å². The van der Waals surface area contributed by atoms with Crippen LogP contribution in [0, 0.1) is 0 Å². The van der Waals surface area contributed by atoms with Gasteiger partial charge in [-0.05, 0) is 31.5 Å². The average molecular weight is 216 g/mol. The van der Waals surface area contributed by atoms with Gasteiger partial charge in [-0.25, -0.2) is 0 Å². The summed E-state index contributed by atoms with van der Waals surface area (Å²) in [6.07, 6.45) is 13.4. The van der Waals surface area contributed by atoms with Crippen LogP contribution in [0.3, 0.4) is 0 Å². The maximum absolute atomic E-state index is 3.29. The Bertz CT molecular complexity index is 372. The van der Waals surface area contributed by atoms with Crippen LogP contribution >= 0.6 is 0 Å². The zero-order valence-corrected chi connectivity index (χ0v) is 10.2. The summed E-state index contributed by atoms with van der Waals surface area (Å²) in [6, 6.07) is 0. The van der Waals surface area contributed by atoms with E-state index in [-0.39, 0.29) is 0 Å². The second-order valence-corrected chi connectivity index (χ2v) is 4.37. The number of hydrogen-bond acceptors (Lipinski definition) is 2. The monoisotopic (exact) mass is 216 g/mol. The van der Waals surface area contributed by atoms with Crippen molar-refractivity contribution < 1.29 is 0 Å². The van der Waals surface area contributed by atoms with Crippen molar-refractivity contribution >= 4 is 0 Å². The standard InChI is InChI=1S/C14H20N2/c1-15-14-9-5-3-4-8-13(14)12-7-6-10-16(2)11-12/h4-5,7-9,15H,3,6,10-11H2,1-2H3. The fourth-order valence-electron chi connectivity index (χ4n) is 2.22. The van der Waals surface area contributed by atoms with Gasteiger partial charge in [0, 0.05) is 31.4 Å². The molecule has 2 nitrogen and oxygen atoms in total. The van der Waals surface area contributed by atoms with Crippen molar-refractivity contribution in [2.24, 2.45) is 0 Å². The lowest BCUT2D eigenvalue weighted by Crippen LogP contribution is -2.26. The van der Waals surface area contributed by atoms with Crippen molar-refractivity contribution in [3.05, 3.63) is 47.2 Å². The van der Waals surface area contributed by atoms with Crippen molar-refractivity contribution in [2.75, 3.05) is 27.2 Å². The molecule has 0 unspecified atom stereocenters. The van der Waals surface area contributed by atoms with Crippen LogP contribution < -0.4 is 5.32 Å². The second-order valence-electron chi connectivity index (χ2n) is 4.37. The van der Waals surface area contributed by atoms with Gasteiger partial charge >= 0.3 is 0 Å². The Kier molecular flexibility index (Phi) is 3.62. The normalized spacial score (nSPS) is 22.0. The van der Waals surface area contributed by atoms with Gasteiger partial charge in [0.05, 0.1) is 0 Å². The van der Waals surface area contributed by atoms with E-state index in [1.54, 1.807) is 0 Å². The van der Waals surface area contributed by atoms with Gasteiger partial charge in [0.25, 0.3) is 0 Å². The number of hydrogen-bond donors (Lipinski definition) is 1. The number of nitrogens with zero attached hydrogens (tertiary/aromatic N) is 1. The summed E-state index contributed by atoms with van der Waals surface area (Å²) in [5, 5.41) is 3.29. The van der Waals surface area contributed by atoms with Crippen LogP contribution in [-0.2, 0) is 0 Å². The molecule has 1 aliphatic heterocycles. The van der Waals surface area contributed by atoms with Crippen LogP contribution in [0.5, 0.6) is 0 Å². The molecule has 0 aromatic rings. The predicted molar refractivity (Wildman–Crippen MR) is 69.2 cm³/mol. The van der Waals surface area contributed by atoms with Crippen molar-refractivity contribution in [1.82, 2.24) is 10.2 Å². The van der Waals surface area contributed by atoms with E-state index in [0.717, 1.165) is 19.4 Å². The minimum atomic E-state index is 1.03. The molecule has 1 aliphatic carbocycles. The zero-order valence-electron chi connectivity index (χ0n) is 10.2. The summed E-state index contributed by atoms with van der Waals surface area (Å²) in [4.78, 5) is 2.37. The minimum Gasteiger partial charge on any atom is -0.388 e. The molecule has 0 spiro atoms. The fraction of sp³-hybridized carbons (Fsp3) is 0.429. The molecular formula is C14H20N2. The smallest absolute Gasteiger partial charge is 0.0411 e. The van der Waals surface area contributed by atoms with Gasteiger partial charge in [-0.2, -0.15) is 0 Å². The molecule has 0 aromatic heterocycles. The van der Waals surface area contributed by atoms with E-state index in [0.29, 0.717) is 0 Å². The molecule has 0 saturated carbocycles. The molecule has 0 atom stereocenters. The first-order chi connectivity index (χ1) is 7.81. The summed E-state index contributed by atoms with van der Waals surface area (Å²) in [6.45, 7) is 2.23. The summed E-state index contributed by atoms with van der Waals surface area (Å²) in [7, 11) is 4.18. The van der Waals surface area contributed by atoms with E-state index in [1.165, 1.54) is 23.4 Å². The maximum Gasteiger partial charge on any atom is 0.0411 e. The summed E-state index contributed by atoms with van der Waals surface area (Å²) in [5.74, 6) is 0. The highest BCUT2D eigenvalue weighted by molar-refractivity contribution is 5.49. The molecular weight excluding hydrogens is 196 g/mol. The Balaban J connectivity index is 2.32. The molecule has 1 N–H and O–H groups in total. The van der Waals surface area contributed by atoms with Crippen LogP contribution in [0.2, 0.25) is 0 Å². The van der Waals surface area contributed by atoms with Gasteiger partial charge in [0.2, 0.25) is 0 Å². The highest BCUT2D eigenvalue weighted by Gasteiger charge is 2.13. The molecule has 0 fully saturated rings. The Morgan fingerprint density at radius 1 is 1.25 bits per heavy atom. The molecule has 86 valence electrons. The van der Waals surface area contributed by atoms with Gasteiger partial charge in [0.1, 0.15) is 0 Å². The first-order valence-electron chi connectivity index (χ1n) is 5.94. The number of allylic oxidation sites excluding steroid dienone is 4. The van der Waals surface area contributed by atoms with E-state index in [4.69, 9.17) is 0 Å². The molecule has 0 saturated heterocycles. The van der Waals surface area contributed by atoms with Crippen LogP contribution in [-0.4, -0.2) is 32.1 Å². The summed E-state index contributed by atoms with van der Waals surface area (Å²) >= 11 is 0. The van der Waals surface area contributed by atoms with E-state index < -0.39 is 0 Å². The molecule has 0 radical (unpaired) electrons. The molecule has 16 heavy (non-hydrogen) atoms. The van der Waals surface area contributed by atoms with Crippen molar-refractivity contribution in [3.8, 4) is 0 Å². The van der Waals surface area contributed by atoms with Crippen molar-refractivity contribution in [1.29, 1.82) is 0 Å². The number of nitrogens with one attached hydrogen (secondary N) is 1. The third-order valence-electron chi connectivity index (χ3n) is 3.09. The number of rotatable bonds is 2. The third-order valence-corrected chi connectivity index (χ3v) is 3.09. The minimum absolute atomic E-state index is 1.03. The quantitative estimate of drug-likeness (QED) is 0.761.